The summed E-state index contributed by atoms with van der Waals surface area (Å²) >= 11 is 0. The maximum atomic E-state index is 11.9. The van der Waals surface area contributed by atoms with Crippen LogP contribution in [0.4, 0.5) is 5.69 Å². The number of para-hydroxylation sites is 1. The summed E-state index contributed by atoms with van der Waals surface area (Å²) in [5.41, 5.74) is 1.82. The van der Waals surface area contributed by atoms with Crippen molar-refractivity contribution in [1.82, 2.24) is 4.98 Å². The van der Waals surface area contributed by atoms with E-state index in [-0.39, 0.29) is 5.91 Å². The van der Waals surface area contributed by atoms with Gasteiger partial charge >= 0.3 is 0 Å². The number of ether oxygens (including phenoxy) is 1. The second-order valence-electron chi connectivity index (χ2n) is 4.32. The molecule has 1 N–H and O–H groups in total. The summed E-state index contributed by atoms with van der Waals surface area (Å²) in [6.07, 6.45) is 4.39. The van der Waals surface area contributed by atoms with Crippen LogP contribution in [0.3, 0.4) is 0 Å². The van der Waals surface area contributed by atoms with Gasteiger partial charge < -0.3 is 10.1 Å². The normalized spacial score (nSPS) is 10.1. The fraction of sp³-hybridized carbons (Fsp3) is 0.250. The Morgan fingerprint density at radius 2 is 1.95 bits per heavy atom. The summed E-state index contributed by atoms with van der Waals surface area (Å²) in [6, 6.07) is 11.4. The van der Waals surface area contributed by atoms with Gasteiger partial charge in [-0.1, -0.05) is 18.2 Å². The van der Waals surface area contributed by atoms with E-state index in [9.17, 15) is 4.79 Å². The predicted octanol–water partition coefficient (Wildman–Crippen LogP) is 3.05. The molecule has 20 heavy (non-hydrogen) atoms. The monoisotopic (exact) mass is 270 g/mol. The van der Waals surface area contributed by atoms with Crippen molar-refractivity contribution in [3.8, 4) is 5.75 Å². The first kappa shape index (κ1) is 14.1. The van der Waals surface area contributed by atoms with Crippen LogP contribution < -0.4 is 10.1 Å². The van der Waals surface area contributed by atoms with Gasteiger partial charge in [0.1, 0.15) is 5.75 Å². The van der Waals surface area contributed by atoms with Crippen LogP contribution in [0.15, 0.2) is 48.8 Å². The third-order valence-electron chi connectivity index (χ3n) is 2.86. The molecule has 0 saturated carbocycles. The molecule has 0 unspecified atom stereocenters. The molecule has 0 aliphatic heterocycles. The average molecular weight is 270 g/mol. The molecule has 0 bridgehead atoms. The molecule has 1 amide bonds. The average Bonchev–Trinajstić information content (AvgIpc) is 2.48. The molecule has 1 aromatic carbocycles. The molecule has 0 aliphatic rings. The summed E-state index contributed by atoms with van der Waals surface area (Å²) in [5.74, 6) is 0.842. The number of aryl methyl sites for hydroxylation is 1. The molecular weight excluding hydrogens is 252 g/mol. The Morgan fingerprint density at radius 1 is 1.20 bits per heavy atom. The summed E-state index contributed by atoms with van der Waals surface area (Å²) < 4.78 is 5.55. The summed E-state index contributed by atoms with van der Waals surface area (Å²) in [4.78, 5) is 15.8. The van der Waals surface area contributed by atoms with Crippen LogP contribution in [0.2, 0.25) is 0 Å². The lowest BCUT2D eigenvalue weighted by Crippen LogP contribution is -2.12. The van der Waals surface area contributed by atoms with Crippen molar-refractivity contribution in [3.63, 3.8) is 0 Å². The first-order valence-corrected chi connectivity index (χ1v) is 6.70. The van der Waals surface area contributed by atoms with Gasteiger partial charge in [0.25, 0.3) is 0 Å². The highest BCUT2D eigenvalue weighted by atomic mass is 16.5. The SMILES string of the molecule is CCOc1ccccc1CCC(=O)Nc1ccncc1. The molecule has 0 fully saturated rings. The van der Waals surface area contributed by atoms with Gasteiger partial charge in [-0.2, -0.15) is 0 Å². The molecule has 0 spiro atoms. The lowest BCUT2D eigenvalue weighted by Gasteiger charge is -2.10. The molecular formula is C16H18N2O2. The fourth-order valence-electron chi connectivity index (χ4n) is 1.91. The standard InChI is InChI=1S/C16H18N2O2/c1-2-20-15-6-4-3-5-13(15)7-8-16(19)18-14-9-11-17-12-10-14/h3-6,9-12H,2,7-8H2,1H3,(H,17,18,19). The second kappa shape index (κ2) is 7.28. The number of carbonyl (C=O) groups is 1. The van der Waals surface area contributed by atoms with Crippen LogP contribution >= 0.6 is 0 Å². The maximum Gasteiger partial charge on any atom is 0.224 e. The van der Waals surface area contributed by atoms with E-state index < -0.39 is 0 Å². The Balaban J connectivity index is 1.90. The van der Waals surface area contributed by atoms with Gasteiger partial charge in [-0.15, -0.1) is 0 Å². The molecule has 2 rings (SSSR count). The van der Waals surface area contributed by atoms with Crippen LogP contribution in [0.1, 0.15) is 18.9 Å². The van der Waals surface area contributed by atoms with Crippen molar-refractivity contribution in [2.24, 2.45) is 0 Å². The molecule has 0 saturated heterocycles. The molecule has 4 heteroatoms. The van der Waals surface area contributed by atoms with E-state index in [1.54, 1.807) is 24.5 Å². The van der Waals surface area contributed by atoms with Crippen molar-refractivity contribution in [1.29, 1.82) is 0 Å². The first-order chi connectivity index (χ1) is 9.79. The molecule has 4 nitrogen and oxygen atoms in total. The number of amides is 1. The third-order valence-corrected chi connectivity index (χ3v) is 2.86. The Labute approximate surface area is 118 Å². The number of anilines is 1. The lowest BCUT2D eigenvalue weighted by molar-refractivity contribution is -0.116. The maximum absolute atomic E-state index is 11.9. The molecule has 0 radical (unpaired) electrons. The number of carbonyl (C=O) groups excluding carboxylic acids is 1. The predicted molar refractivity (Wildman–Crippen MR) is 78.8 cm³/mol. The highest BCUT2D eigenvalue weighted by Gasteiger charge is 2.06. The van der Waals surface area contributed by atoms with E-state index in [2.05, 4.69) is 10.3 Å². The summed E-state index contributed by atoms with van der Waals surface area (Å²) in [7, 11) is 0. The Hall–Kier alpha value is -2.36. The van der Waals surface area contributed by atoms with Crippen LogP contribution in [0.5, 0.6) is 5.75 Å². The Morgan fingerprint density at radius 3 is 2.70 bits per heavy atom. The summed E-state index contributed by atoms with van der Waals surface area (Å²) in [6.45, 7) is 2.58. The van der Waals surface area contributed by atoms with Crippen LogP contribution in [0, 0.1) is 0 Å². The first-order valence-electron chi connectivity index (χ1n) is 6.70. The fourth-order valence-corrected chi connectivity index (χ4v) is 1.91. The minimum Gasteiger partial charge on any atom is -0.494 e. The van der Waals surface area contributed by atoms with Crippen molar-refractivity contribution in [2.45, 2.75) is 19.8 Å². The van der Waals surface area contributed by atoms with E-state index in [0.29, 0.717) is 19.4 Å². The zero-order chi connectivity index (χ0) is 14.2. The van der Waals surface area contributed by atoms with Gasteiger partial charge in [0, 0.05) is 24.5 Å². The zero-order valence-corrected chi connectivity index (χ0v) is 11.5. The minimum atomic E-state index is -0.0116. The number of pyridine rings is 1. The van der Waals surface area contributed by atoms with E-state index >= 15 is 0 Å². The van der Waals surface area contributed by atoms with Crippen molar-refractivity contribution in [3.05, 3.63) is 54.4 Å². The second-order valence-corrected chi connectivity index (χ2v) is 4.32. The van der Waals surface area contributed by atoms with Crippen molar-refractivity contribution in [2.75, 3.05) is 11.9 Å². The largest absolute Gasteiger partial charge is 0.494 e. The molecule has 2 aromatic rings. The quantitative estimate of drug-likeness (QED) is 0.877. The molecule has 1 aromatic heterocycles. The number of aromatic nitrogens is 1. The minimum absolute atomic E-state index is 0.0116. The Bertz CT molecular complexity index is 555. The van der Waals surface area contributed by atoms with E-state index in [4.69, 9.17) is 4.74 Å². The summed E-state index contributed by atoms with van der Waals surface area (Å²) in [5, 5.41) is 2.84. The molecule has 0 aliphatic carbocycles. The number of nitrogens with zero attached hydrogens (tertiary/aromatic N) is 1. The van der Waals surface area contributed by atoms with Gasteiger partial charge in [-0.25, -0.2) is 0 Å². The molecule has 104 valence electrons. The number of hydrogen-bond acceptors (Lipinski definition) is 3. The van der Waals surface area contributed by atoms with Gasteiger partial charge in [-0.05, 0) is 37.1 Å². The van der Waals surface area contributed by atoms with Gasteiger partial charge in [0.2, 0.25) is 5.91 Å². The van der Waals surface area contributed by atoms with Crippen LogP contribution in [-0.2, 0) is 11.2 Å². The number of rotatable bonds is 6. The highest BCUT2D eigenvalue weighted by molar-refractivity contribution is 5.90. The van der Waals surface area contributed by atoms with E-state index in [1.807, 2.05) is 31.2 Å². The van der Waals surface area contributed by atoms with E-state index in [1.165, 1.54) is 0 Å². The van der Waals surface area contributed by atoms with Crippen LogP contribution in [-0.4, -0.2) is 17.5 Å². The van der Waals surface area contributed by atoms with Gasteiger partial charge in [0.15, 0.2) is 0 Å². The van der Waals surface area contributed by atoms with Crippen molar-refractivity contribution >= 4 is 11.6 Å². The number of benzene rings is 1. The lowest BCUT2D eigenvalue weighted by atomic mass is 10.1. The number of hydrogen-bond donors (Lipinski definition) is 1. The van der Waals surface area contributed by atoms with E-state index in [0.717, 1.165) is 17.0 Å². The smallest absolute Gasteiger partial charge is 0.224 e. The highest BCUT2D eigenvalue weighted by Crippen LogP contribution is 2.19. The van der Waals surface area contributed by atoms with Gasteiger partial charge in [0.05, 0.1) is 6.61 Å². The van der Waals surface area contributed by atoms with Crippen LogP contribution in [0.25, 0.3) is 0 Å². The zero-order valence-electron chi connectivity index (χ0n) is 11.5. The number of nitrogens with one attached hydrogen (secondary N) is 1. The van der Waals surface area contributed by atoms with Crippen molar-refractivity contribution < 1.29 is 9.53 Å². The molecule has 1 heterocycles. The molecule has 0 atom stereocenters. The van der Waals surface area contributed by atoms with Gasteiger partial charge in [-0.3, -0.25) is 9.78 Å². The third kappa shape index (κ3) is 4.09. The topological polar surface area (TPSA) is 51.2 Å². The Kier molecular flexibility index (Phi) is 5.12.